The summed E-state index contributed by atoms with van der Waals surface area (Å²) in [7, 11) is 4.80. The smallest absolute Gasteiger partial charge is 0.349 e. The van der Waals surface area contributed by atoms with Crippen LogP contribution < -0.4 is 0 Å². The molecule has 6 nitrogen and oxygen atoms in total. The number of hydrogen-bond acceptors (Lipinski definition) is 6. The second-order valence-electron chi connectivity index (χ2n) is 2.79. The van der Waals surface area contributed by atoms with Crippen LogP contribution in [0.15, 0.2) is 25.3 Å². The molecule has 0 atom stereocenters. The molecule has 17 heavy (non-hydrogen) atoms. The van der Waals surface area contributed by atoms with E-state index in [0.29, 0.717) is 13.2 Å². The van der Waals surface area contributed by atoms with Crippen LogP contribution in [0, 0.1) is 0 Å². The van der Waals surface area contributed by atoms with Crippen molar-refractivity contribution in [2.24, 2.45) is 0 Å². The fourth-order valence-corrected chi connectivity index (χ4v) is 0.502. The van der Waals surface area contributed by atoms with E-state index in [2.05, 4.69) is 27.5 Å². The maximum absolute atomic E-state index is 10.3. The Labute approximate surface area is 101 Å². The molecule has 0 amide bonds. The number of rotatable bonds is 6. The van der Waals surface area contributed by atoms with Crippen LogP contribution in [-0.2, 0) is 23.9 Å². The van der Waals surface area contributed by atoms with E-state index in [9.17, 15) is 9.59 Å². The molecule has 0 aliphatic heterocycles. The number of hydrogen-bond donors (Lipinski definition) is 0. The predicted octanol–water partition coefficient (Wildman–Crippen LogP) is 0.554. The lowest BCUT2D eigenvalue weighted by molar-refractivity contribution is -0.171. The normalized spacial score (nSPS) is 8.71. The highest BCUT2D eigenvalue weighted by Crippen LogP contribution is 1.79. The Morgan fingerprint density at radius 2 is 1.65 bits per heavy atom. The second-order valence-corrected chi connectivity index (χ2v) is 2.79. The molecule has 0 saturated carbocycles. The van der Waals surface area contributed by atoms with Crippen molar-refractivity contribution in [2.75, 3.05) is 34.4 Å². The number of nitrogens with zero attached hydrogens (tertiary/aromatic N) is 1. The number of esters is 1. The van der Waals surface area contributed by atoms with E-state index in [4.69, 9.17) is 0 Å². The third-order valence-corrected chi connectivity index (χ3v) is 1.14. The molecule has 0 aliphatic rings. The summed E-state index contributed by atoms with van der Waals surface area (Å²) in [6, 6.07) is 0. The van der Waals surface area contributed by atoms with Gasteiger partial charge in [-0.05, 0) is 0 Å². The molecule has 0 radical (unpaired) electrons. The SMILES string of the molecule is C=CC(=O)OCCOC.C=CC(=O)ON(C)C. The third-order valence-electron chi connectivity index (χ3n) is 1.14. The highest BCUT2D eigenvalue weighted by Gasteiger charge is 1.94. The monoisotopic (exact) mass is 245 g/mol. The first-order valence-electron chi connectivity index (χ1n) is 4.77. The molecule has 0 aliphatic carbocycles. The van der Waals surface area contributed by atoms with Gasteiger partial charge in [-0.15, -0.1) is 5.06 Å². The molecule has 0 rings (SSSR count). The van der Waals surface area contributed by atoms with E-state index in [1.807, 2.05) is 0 Å². The lowest BCUT2D eigenvalue weighted by Crippen LogP contribution is -2.16. The first-order chi connectivity index (χ1) is 7.97. The van der Waals surface area contributed by atoms with Gasteiger partial charge < -0.3 is 14.3 Å². The van der Waals surface area contributed by atoms with Gasteiger partial charge in [0, 0.05) is 33.4 Å². The summed E-state index contributed by atoms with van der Waals surface area (Å²) in [6.07, 6.45) is 2.23. The number of ether oxygens (including phenoxy) is 2. The van der Waals surface area contributed by atoms with E-state index in [-0.39, 0.29) is 0 Å². The minimum Gasteiger partial charge on any atom is -0.460 e. The van der Waals surface area contributed by atoms with Gasteiger partial charge in [-0.2, -0.15) is 0 Å². The summed E-state index contributed by atoms with van der Waals surface area (Å²) in [5, 5.41) is 1.31. The number of hydroxylamine groups is 2. The minimum atomic E-state index is -0.435. The number of carbonyl (C=O) groups is 2. The third kappa shape index (κ3) is 17.0. The van der Waals surface area contributed by atoms with Gasteiger partial charge in [-0.25, -0.2) is 9.59 Å². The molecular weight excluding hydrogens is 226 g/mol. The zero-order chi connectivity index (χ0) is 13.7. The molecule has 0 unspecified atom stereocenters. The summed E-state index contributed by atoms with van der Waals surface area (Å²) < 4.78 is 9.17. The quantitative estimate of drug-likeness (QED) is 0.295. The maximum Gasteiger partial charge on any atom is 0.349 e. The Morgan fingerprint density at radius 1 is 1.12 bits per heavy atom. The first-order valence-corrected chi connectivity index (χ1v) is 4.77. The van der Waals surface area contributed by atoms with Gasteiger partial charge in [0.1, 0.15) is 6.61 Å². The van der Waals surface area contributed by atoms with Crippen LogP contribution in [0.5, 0.6) is 0 Å². The van der Waals surface area contributed by atoms with Crippen LogP contribution in [0.3, 0.4) is 0 Å². The largest absolute Gasteiger partial charge is 0.460 e. The van der Waals surface area contributed by atoms with Crippen LogP contribution in [0.2, 0.25) is 0 Å². The van der Waals surface area contributed by atoms with Gasteiger partial charge in [0.05, 0.1) is 6.61 Å². The maximum atomic E-state index is 10.3. The van der Waals surface area contributed by atoms with Gasteiger partial charge in [0.2, 0.25) is 0 Å². The molecular formula is C11H19NO5. The van der Waals surface area contributed by atoms with E-state index in [0.717, 1.165) is 12.2 Å². The molecule has 6 heteroatoms. The molecule has 0 bridgehead atoms. The zero-order valence-electron chi connectivity index (χ0n) is 10.5. The van der Waals surface area contributed by atoms with Crippen molar-refractivity contribution >= 4 is 11.9 Å². The van der Waals surface area contributed by atoms with Gasteiger partial charge in [-0.3, -0.25) is 0 Å². The van der Waals surface area contributed by atoms with Crippen molar-refractivity contribution in [1.29, 1.82) is 0 Å². The van der Waals surface area contributed by atoms with Crippen molar-refractivity contribution < 1.29 is 23.9 Å². The predicted molar refractivity (Wildman–Crippen MR) is 63.0 cm³/mol. The van der Waals surface area contributed by atoms with Crippen molar-refractivity contribution in [2.45, 2.75) is 0 Å². The number of methoxy groups -OCH3 is 1. The Kier molecular flexibility index (Phi) is 12.9. The van der Waals surface area contributed by atoms with Crippen molar-refractivity contribution in [1.82, 2.24) is 5.06 Å². The molecule has 0 fully saturated rings. The highest BCUT2D eigenvalue weighted by molar-refractivity contribution is 5.81. The Balaban J connectivity index is 0. The Morgan fingerprint density at radius 3 is 1.94 bits per heavy atom. The minimum absolute atomic E-state index is 0.293. The zero-order valence-corrected chi connectivity index (χ0v) is 10.5. The van der Waals surface area contributed by atoms with Crippen molar-refractivity contribution in [3.05, 3.63) is 25.3 Å². The average Bonchev–Trinajstić information content (AvgIpc) is 2.29. The highest BCUT2D eigenvalue weighted by atomic mass is 16.7. The molecule has 0 aromatic heterocycles. The van der Waals surface area contributed by atoms with Crippen LogP contribution in [0.4, 0.5) is 0 Å². The molecule has 0 heterocycles. The van der Waals surface area contributed by atoms with Gasteiger partial charge in [0.15, 0.2) is 0 Å². The molecule has 0 aromatic carbocycles. The first kappa shape index (κ1) is 17.7. The van der Waals surface area contributed by atoms with Gasteiger partial charge in [-0.1, -0.05) is 13.2 Å². The molecule has 0 aromatic rings. The molecule has 0 spiro atoms. The molecule has 98 valence electrons. The van der Waals surface area contributed by atoms with Crippen LogP contribution >= 0.6 is 0 Å². The molecule has 0 N–H and O–H groups in total. The number of carbonyl (C=O) groups excluding carboxylic acids is 2. The van der Waals surface area contributed by atoms with Gasteiger partial charge >= 0.3 is 11.9 Å². The van der Waals surface area contributed by atoms with E-state index < -0.39 is 11.9 Å². The van der Waals surface area contributed by atoms with E-state index in [1.54, 1.807) is 21.2 Å². The topological polar surface area (TPSA) is 65.1 Å². The summed E-state index contributed by atoms with van der Waals surface area (Å²) in [5.74, 6) is -0.845. The van der Waals surface area contributed by atoms with Crippen molar-refractivity contribution in [3.8, 4) is 0 Å². The summed E-state index contributed by atoms with van der Waals surface area (Å²) in [4.78, 5) is 25.0. The van der Waals surface area contributed by atoms with E-state index >= 15 is 0 Å². The summed E-state index contributed by atoms with van der Waals surface area (Å²) in [5.41, 5.74) is 0. The fraction of sp³-hybridized carbons (Fsp3) is 0.455. The Hall–Kier alpha value is -1.66. The lowest BCUT2D eigenvalue weighted by atomic mass is 10.6. The van der Waals surface area contributed by atoms with Gasteiger partial charge in [0.25, 0.3) is 0 Å². The van der Waals surface area contributed by atoms with Crippen LogP contribution in [-0.4, -0.2) is 51.4 Å². The standard InChI is InChI=1S/C6H10O3.C5H9NO2/c1-3-6(7)9-5-4-8-2;1-4-5(7)8-6(2)3/h3H,1,4-5H2,2H3;4H,1H2,2-3H3. The Bertz CT molecular complexity index is 250. The summed E-state index contributed by atoms with van der Waals surface area (Å²) >= 11 is 0. The fourth-order valence-electron chi connectivity index (χ4n) is 0.502. The van der Waals surface area contributed by atoms with E-state index in [1.165, 1.54) is 5.06 Å². The lowest BCUT2D eigenvalue weighted by Gasteiger charge is -2.05. The second kappa shape index (κ2) is 12.4. The van der Waals surface area contributed by atoms with Crippen LogP contribution in [0.1, 0.15) is 0 Å². The molecule has 0 saturated heterocycles. The summed E-state index contributed by atoms with van der Waals surface area (Å²) in [6.45, 7) is 7.16. The van der Waals surface area contributed by atoms with Crippen molar-refractivity contribution in [3.63, 3.8) is 0 Å². The average molecular weight is 245 g/mol. The van der Waals surface area contributed by atoms with Crippen LogP contribution in [0.25, 0.3) is 0 Å².